The quantitative estimate of drug-likeness (QED) is 0.820. The molecule has 1 amide bonds. The van der Waals surface area contributed by atoms with Gasteiger partial charge in [0, 0.05) is 24.0 Å². The van der Waals surface area contributed by atoms with E-state index >= 15 is 0 Å². The van der Waals surface area contributed by atoms with Crippen molar-refractivity contribution in [1.82, 2.24) is 10.2 Å². The van der Waals surface area contributed by atoms with Crippen LogP contribution in [0.5, 0.6) is 0 Å². The minimum Gasteiger partial charge on any atom is -0.353 e. The summed E-state index contributed by atoms with van der Waals surface area (Å²) in [5, 5.41) is 3.18. The van der Waals surface area contributed by atoms with Gasteiger partial charge in [-0.05, 0) is 44.9 Å². The van der Waals surface area contributed by atoms with Gasteiger partial charge in [-0.1, -0.05) is 24.6 Å². The van der Waals surface area contributed by atoms with Crippen molar-refractivity contribution in [2.24, 2.45) is 0 Å². The van der Waals surface area contributed by atoms with Crippen LogP contribution in [0.4, 0.5) is 0 Å². The van der Waals surface area contributed by atoms with E-state index in [0.29, 0.717) is 11.8 Å². The zero-order valence-electron chi connectivity index (χ0n) is 13.1. The van der Waals surface area contributed by atoms with E-state index in [4.69, 9.17) is 0 Å². The Labute approximate surface area is 132 Å². The fourth-order valence-corrected chi connectivity index (χ4v) is 3.38. The number of carbonyl (C=O) groups is 1. The Morgan fingerprint density at radius 3 is 2.57 bits per heavy atom. The molecule has 1 fully saturated rings. The maximum atomic E-state index is 12.0. The van der Waals surface area contributed by atoms with Crippen LogP contribution in [0, 0.1) is 6.92 Å². The van der Waals surface area contributed by atoms with Crippen molar-refractivity contribution in [2.45, 2.75) is 44.0 Å². The van der Waals surface area contributed by atoms with Crippen molar-refractivity contribution in [3.63, 3.8) is 0 Å². The maximum absolute atomic E-state index is 12.0. The summed E-state index contributed by atoms with van der Waals surface area (Å²) >= 11 is 1.61. The zero-order chi connectivity index (χ0) is 15.1. The Kier molecular flexibility index (Phi) is 6.58. The van der Waals surface area contributed by atoms with Crippen LogP contribution >= 0.6 is 11.8 Å². The van der Waals surface area contributed by atoms with Gasteiger partial charge in [-0.3, -0.25) is 4.79 Å². The number of amides is 1. The van der Waals surface area contributed by atoms with Crippen molar-refractivity contribution in [3.05, 3.63) is 29.8 Å². The number of carbonyl (C=O) groups excluding carboxylic acids is 1. The number of nitrogens with one attached hydrogen (secondary N) is 1. The summed E-state index contributed by atoms with van der Waals surface area (Å²) < 4.78 is 0. The summed E-state index contributed by atoms with van der Waals surface area (Å²) in [4.78, 5) is 15.7. The number of aryl methyl sites for hydroxylation is 1. The summed E-state index contributed by atoms with van der Waals surface area (Å²) in [6, 6.07) is 8.70. The average Bonchev–Trinajstić information content (AvgIpc) is 2.49. The van der Waals surface area contributed by atoms with Gasteiger partial charge in [0.1, 0.15) is 0 Å². The fourth-order valence-electron chi connectivity index (χ4n) is 2.67. The highest BCUT2D eigenvalue weighted by atomic mass is 32.2. The lowest BCUT2D eigenvalue weighted by Crippen LogP contribution is -2.45. The van der Waals surface area contributed by atoms with Gasteiger partial charge < -0.3 is 10.2 Å². The summed E-state index contributed by atoms with van der Waals surface area (Å²) in [5.74, 6) is 0.674. The van der Waals surface area contributed by atoms with Crippen LogP contribution in [-0.4, -0.2) is 42.2 Å². The highest BCUT2D eigenvalue weighted by molar-refractivity contribution is 8.00. The summed E-state index contributed by atoms with van der Waals surface area (Å²) in [5.41, 5.74) is 1.25. The monoisotopic (exact) mass is 306 g/mol. The molecule has 1 heterocycles. The van der Waals surface area contributed by atoms with E-state index in [2.05, 4.69) is 48.3 Å². The molecule has 1 aromatic carbocycles. The van der Waals surface area contributed by atoms with Crippen molar-refractivity contribution in [1.29, 1.82) is 0 Å². The number of likely N-dealkylation sites (tertiary alicyclic amines) is 1. The van der Waals surface area contributed by atoms with Crippen LogP contribution in [0.15, 0.2) is 29.2 Å². The molecule has 2 rings (SSSR count). The third-order valence-electron chi connectivity index (χ3n) is 3.88. The molecule has 0 aliphatic carbocycles. The van der Waals surface area contributed by atoms with E-state index in [1.807, 2.05) is 0 Å². The number of thioether (sulfide) groups is 1. The molecule has 0 unspecified atom stereocenters. The normalized spacial score (nSPS) is 16.9. The van der Waals surface area contributed by atoms with Gasteiger partial charge >= 0.3 is 0 Å². The van der Waals surface area contributed by atoms with Gasteiger partial charge in [0.05, 0.1) is 5.75 Å². The summed E-state index contributed by atoms with van der Waals surface area (Å²) in [6.45, 7) is 7.71. The second kappa shape index (κ2) is 8.44. The predicted octanol–water partition coefficient (Wildman–Crippen LogP) is 3.08. The van der Waals surface area contributed by atoms with Crippen LogP contribution in [0.3, 0.4) is 0 Å². The average molecular weight is 306 g/mol. The minimum atomic E-state index is 0.162. The maximum Gasteiger partial charge on any atom is 0.230 e. The van der Waals surface area contributed by atoms with E-state index in [-0.39, 0.29) is 5.91 Å². The lowest BCUT2D eigenvalue weighted by atomic mass is 10.1. The van der Waals surface area contributed by atoms with Gasteiger partial charge in [0.25, 0.3) is 0 Å². The lowest BCUT2D eigenvalue weighted by molar-refractivity contribution is -0.119. The lowest BCUT2D eigenvalue weighted by Gasteiger charge is -2.32. The molecule has 1 aliphatic rings. The second-order valence-corrected chi connectivity index (χ2v) is 6.83. The molecule has 21 heavy (non-hydrogen) atoms. The molecule has 4 heteroatoms. The standard InChI is InChI=1S/C17H26N2OS/c1-3-10-19-11-8-15(9-12-19)18-17(20)13-21-16-6-4-14(2)5-7-16/h4-7,15H,3,8-13H2,1-2H3,(H,18,20). The highest BCUT2D eigenvalue weighted by Gasteiger charge is 2.19. The molecular weight excluding hydrogens is 280 g/mol. The van der Waals surface area contributed by atoms with E-state index in [1.54, 1.807) is 11.8 Å². The fraction of sp³-hybridized carbons (Fsp3) is 0.588. The smallest absolute Gasteiger partial charge is 0.230 e. The van der Waals surface area contributed by atoms with Gasteiger partial charge in [0.2, 0.25) is 5.91 Å². The van der Waals surface area contributed by atoms with E-state index in [9.17, 15) is 4.79 Å². The van der Waals surface area contributed by atoms with Crippen molar-refractivity contribution in [3.8, 4) is 0 Å². The first-order valence-corrected chi connectivity index (χ1v) is 8.87. The molecule has 3 nitrogen and oxygen atoms in total. The third kappa shape index (κ3) is 5.71. The topological polar surface area (TPSA) is 32.3 Å². The largest absolute Gasteiger partial charge is 0.353 e. The first-order chi connectivity index (χ1) is 10.2. The van der Waals surface area contributed by atoms with Crippen LogP contribution < -0.4 is 5.32 Å². The first kappa shape index (κ1) is 16.4. The van der Waals surface area contributed by atoms with Crippen molar-refractivity contribution >= 4 is 17.7 Å². The molecule has 0 spiro atoms. The minimum absolute atomic E-state index is 0.162. The van der Waals surface area contributed by atoms with Gasteiger partial charge in [0.15, 0.2) is 0 Å². The Morgan fingerprint density at radius 2 is 1.95 bits per heavy atom. The molecule has 0 saturated carbocycles. The SMILES string of the molecule is CCCN1CCC(NC(=O)CSc2ccc(C)cc2)CC1. The van der Waals surface area contributed by atoms with Crippen molar-refractivity contribution in [2.75, 3.05) is 25.4 Å². The Bertz CT molecular complexity index is 439. The van der Waals surface area contributed by atoms with Gasteiger partial charge in [-0.15, -0.1) is 11.8 Å². The van der Waals surface area contributed by atoms with E-state index < -0.39 is 0 Å². The van der Waals surface area contributed by atoms with E-state index in [0.717, 1.165) is 30.8 Å². The van der Waals surface area contributed by atoms with Gasteiger partial charge in [-0.25, -0.2) is 0 Å². The van der Waals surface area contributed by atoms with Crippen LogP contribution in [0.1, 0.15) is 31.7 Å². The molecule has 0 radical (unpaired) electrons. The molecule has 0 aromatic heterocycles. The Balaban J connectivity index is 1.67. The summed E-state index contributed by atoms with van der Waals surface area (Å²) in [6.07, 6.45) is 3.38. The number of hydrogen-bond donors (Lipinski definition) is 1. The molecule has 1 aliphatic heterocycles. The molecular formula is C17H26N2OS. The second-order valence-electron chi connectivity index (χ2n) is 5.79. The zero-order valence-corrected chi connectivity index (χ0v) is 13.9. The number of piperidine rings is 1. The molecule has 1 saturated heterocycles. The van der Waals surface area contributed by atoms with Crippen molar-refractivity contribution < 1.29 is 4.79 Å². The number of benzene rings is 1. The number of rotatable bonds is 6. The van der Waals surface area contributed by atoms with Crippen LogP contribution in [-0.2, 0) is 4.79 Å². The summed E-state index contributed by atoms with van der Waals surface area (Å²) in [7, 11) is 0. The highest BCUT2D eigenvalue weighted by Crippen LogP contribution is 2.18. The Hall–Kier alpha value is -1.00. The molecule has 1 aromatic rings. The number of hydrogen-bond acceptors (Lipinski definition) is 3. The van der Waals surface area contributed by atoms with Crippen LogP contribution in [0.2, 0.25) is 0 Å². The predicted molar refractivity (Wildman–Crippen MR) is 89.8 cm³/mol. The van der Waals surface area contributed by atoms with Gasteiger partial charge in [-0.2, -0.15) is 0 Å². The molecule has 0 atom stereocenters. The first-order valence-electron chi connectivity index (χ1n) is 7.88. The molecule has 116 valence electrons. The molecule has 1 N–H and O–H groups in total. The third-order valence-corrected chi connectivity index (χ3v) is 4.90. The van der Waals surface area contributed by atoms with Crippen LogP contribution in [0.25, 0.3) is 0 Å². The number of nitrogens with zero attached hydrogens (tertiary/aromatic N) is 1. The molecule has 0 bridgehead atoms. The Morgan fingerprint density at radius 1 is 1.29 bits per heavy atom. The van der Waals surface area contributed by atoms with E-state index in [1.165, 1.54) is 18.5 Å².